The highest BCUT2D eigenvalue weighted by Crippen LogP contribution is 2.45. The summed E-state index contributed by atoms with van der Waals surface area (Å²) in [6.45, 7) is 10.6. The highest BCUT2D eigenvalue weighted by atomic mass is 16.2. The Hall–Kier alpha value is -3.08. The minimum atomic E-state index is -0.549. The first-order valence-electron chi connectivity index (χ1n) is 13.6. The number of hydrogen-bond donors (Lipinski definition) is 1. The fraction of sp³-hybridized carbons (Fsp3) is 0.484. The van der Waals surface area contributed by atoms with E-state index in [1.165, 1.54) is 0 Å². The molecule has 1 aliphatic heterocycles. The van der Waals surface area contributed by atoms with E-state index in [0.29, 0.717) is 5.56 Å². The minimum Gasteiger partial charge on any atom is -0.352 e. The van der Waals surface area contributed by atoms with E-state index in [-0.39, 0.29) is 29.8 Å². The Balaban J connectivity index is 1.82. The van der Waals surface area contributed by atoms with Crippen molar-refractivity contribution in [2.45, 2.75) is 84.8 Å². The summed E-state index contributed by atoms with van der Waals surface area (Å²) < 4.78 is 2.20. The Morgan fingerprint density at radius 2 is 1.72 bits per heavy atom. The maximum atomic E-state index is 14.0. The summed E-state index contributed by atoms with van der Waals surface area (Å²) >= 11 is 0. The van der Waals surface area contributed by atoms with Gasteiger partial charge in [-0.25, -0.2) is 0 Å². The van der Waals surface area contributed by atoms with Gasteiger partial charge in [-0.05, 0) is 43.9 Å². The zero-order valence-corrected chi connectivity index (χ0v) is 22.7. The molecule has 4 unspecified atom stereocenters. The van der Waals surface area contributed by atoms with Crippen LogP contribution in [0.4, 0.5) is 0 Å². The Morgan fingerprint density at radius 1 is 1.03 bits per heavy atom. The third-order valence-corrected chi connectivity index (χ3v) is 8.10. The fourth-order valence-electron chi connectivity index (χ4n) is 5.80. The molecule has 2 aromatic carbocycles. The van der Waals surface area contributed by atoms with Crippen LogP contribution in [0.1, 0.15) is 93.0 Å². The smallest absolute Gasteiger partial charge is 0.255 e. The number of hydrogen-bond acceptors (Lipinski definition) is 2. The number of para-hydroxylation sites is 1. The van der Waals surface area contributed by atoms with Crippen LogP contribution in [0.15, 0.2) is 48.5 Å². The van der Waals surface area contributed by atoms with Crippen LogP contribution in [-0.4, -0.2) is 33.4 Å². The number of rotatable bonds is 10. The molecule has 4 rings (SSSR count). The summed E-state index contributed by atoms with van der Waals surface area (Å²) in [7, 11) is 2.07. The van der Waals surface area contributed by atoms with Gasteiger partial charge >= 0.3 is 0 Å². The molecule has 0 saturated heterocycles. The summed E-state index contributed by atoms with van der Waals surface area (Å²) in [5.41, 5.74) is 5.05. The van der Waals surface area contributed by atoms with Gasteiger partial charge in [-0.15, -0.1) is 0 Å². The average molecular weight is 488 g/mol. The molecule has 1 aromatic heterocycles. The Labute approximate surface area is 215 Å². The average Bonchev–Trinajstić information content (AvgIpc) is 3.29. The molecule has 36 heavy (non-hydrogen) atoms. The molecule has 192 valence electrons. The van der Waals surface area contributed by atoms with Crippen LogP contribution < -0.4 is 5.32 Å². The maximum absolute atomic E-state index is 14.0. The van der Waals surface area contributed by atoms with Gasteiger partial charge in [0.05, 0.1) is 6.04 Å². The molecule has 2 heterocycles. The largest absolute Gasteiger partial charge is 0.352 e. The predicted octanol–water partition coefficient (Wildman–Crippen LogP) is 6.53. The minimum absolute atomic E-state index is 0.0175. The van der Waals surface area contributed by atoms with Crippen molar-refractivity contribution in [2.24, 2.45) is 13.0 Å². The molecule has 0 aliphatic carbocycles. The normalized spacial score (nSPS) is 17.8. The van der Waals surface area contributed by atoms with E-state index in [0.717, 1.165) is 59.8 Å². The molecule has 0 radical (unpaired) electrons. The third kappa shape index (κ3) is 4.56. The second kappa shape index (κ2) is 10.9. The van der Waals surface area contributed by atoms with Gasteiger partial charge in [0.25, 0.3) is 5.91 Å². The van der Waals surface area contributed by atoms with Crippen molar-refractivity contribution in [3.63, 3.8) is 0 Å². The van der Waals surface area contributed by atoms with Crippen LogP contribution in [-0.2, 0) is 11.8 Å². The van der Waals surface area contributed by atoms with Crippen molar-refractivity contribution in [3.05, 3.63) is 70.9 Å². The van der Waals surface area contributed by atoms with Crippen LogP contribution in [0.25, 0.3) is 10.9 Å². The van der Waals surface area contributed by atoms with Crippen LogP contribution >= 0.6 is 0 Å². The number of nitrogens with one attached hydrogen (secondary N) is 1. The quantitative estimate of drug-likeness (QED) is 0.331. The van der Waals surface area contributed by atoms with Crippen molar-refractivity contribution in [1.29, 1.82) is 0 Å². The van der Waals surface area contributed by atoms with Crippen molar-refractivity contribution in [3.8, 4) is 0 Å². The molecule has 0 bridgehead atoms. The number of benzene rings is 2. The van der Waals surface area contributed by atoms with Crippen molar-refractivity contribution >= 4 is 22.7 Å². The van der Waals surface area contributed by atoms with E-state index in [4.69, 9.17) is 0 Å². The summed E-state index contributed by atoms with van der Waals surface area (Å²) in [5.74, 6) is -0.0803. The maximum Gasteiger partial charge on any atom is 0.255 e. The van der Waals surface area contributed by atoms with Gasteiger partial charge in [-0.1, -0.05) is 82.9 Å². The highest BCUT2D eigenvalue weighted by Gasteiger charge is 2.47. The molecule has 3 aromatic rings. The molecule has 1 aliphatic rings. The number of carbonyl (C=O) groups excluding carboxylic acids is 2. The van der Waals surface area contributed by atoms with Gasteiger partial charge in [0.15, 0.2) is 0 Å². The molecular formula is C31H41N3O2. The lowest BCUT2D eigenvalue weighted by Gasteiger charge is -2.37. The van der Waals surface area contributed by atoms with Crippen LogP contribution in [0.2, 0.25) is 0 Å². The number of carbonyl (C=O) groups is 2. The third-order valence-electron chi connectivity index (χ3n) is 8.10. The molecule has 0 spiro atoms. The van der Waals surface area contributed by atoms with E-state index in [1.54, 1.807) is 0 Å². The number of nitrogens with zero attached hydrogens (tertiary/aromatic N) is 2. The number of unbranched alkanes of at least 4 members (excludes halogenated alkanes) is 2. The standard InChI is InChI=1S/C31H41N3O2/c1-7-9-10-15-21(4)32-30(35)28(20(3)8-2)34-29(23-16-11-12-17-24(23)31(34)36)27-22(5)33(6)26-19-14-13-18-25(26)27/h11-14,16-21,28-29H,7-10,15H2,1-6H3,(H,32,35). The van der Waals surface area contributed by atoms with Gasteiger partial charge in [0.1, 0.15) is 6.04 Å². The van der Waals surface area contributed by atoms with Gasteiger partial charge in [0.2, 0.25) is 5.91 Å². The second-order valence-corrected chi connectivity index (χ2v) is 10.5. The second-order valence-electron chi connectivity index (χ2n) is 10.5. The lowest BCUT2D eigenvalue weighted by molar-refractivity contribution is -0.128. The number of fused-ring (bicyclic) bond motifs is 2. The van der Waals surface area contributed by atoms with Crippen molar-refractivity contribution < 1.29 is 9.59 Å². The SMILES string of the molecule is CCCCCC(C)NC(=O)C(C(C)CC)N1C(=O)c2ccccc2C1c1c(C)n(C)c2ccccc12. The van der Waals surface area contributed by atoms with E-state index >= 15 is 0 Å². The lowest BCUT2D eigenvalue weighted by atomic mass is 9.91. The molecule has 1 N–H and O–H groups in total. The zero-order valence-electron chi connectivity index (χ0n) is 22.7. The summed E-state index contributed by atoms with van der Waals surface area (Å²) in [4.78, 5) is 29.8. The Bertz CT molecular complexity index is 1240. The topological polar surface area (TPSA) is 54.3 Å². The monoisotopic (exact) mass is 487 g/mol. The van der Waals surface area contributed by atoms with E-state index in [1.807, 2.05) is 29.2 Å². The van der Waals surface area contributed by atoms with E-state index < -0.39 is 6.04 Å². The molecule has 0 saturated carbocycles. The fourth-order valence-corrected chi connectivity index (χ4v) is 5.80. The van der Waals surface area contributed by atoms with Gasteiger partial charge in [-0.2, -0.15) is 0 Å². The van der Waals surface area contributed by atoms with Crippen LogP contribution in [0.3, 0.4) is 0 Å². The van der Waals surface area contributed by atoms with E-state index in [2.05, 4.69) is 75.8 Å². The number of aryl methyl sites for hydroxylation is 1. The molecular weight excluding hydrogens is 446 g/mol. The summed E-state index contributed by atoms with van der Waals surface area (Å²) in [5, 5.41) is 4.40. The Morgan fingerprint density at radius 3 is 2.44 bits per heavy atom. The molecule has 0 fully saturated rings. The molecule has 2 amide bonds. The van der Waals surface area contributed by atoms with Crippen LogP contribution in [0.5, 0.6) is 0 Å². The van der Waals surface area contributed by atoms with Crippen molar-refractivity contribution in [2.75, 3.05) is 0 Å². The Kier molecular flexibility index (Phi) is 7.87. The zero-order chi connectivity index (χ0) is 26.0. The number of amides is 2. The van der Waals surface area contributed by atoms with Crippen LogP contribution in [0, 0.1) is 12.8 Å². The molecule has 4 atom stereocenters. The van der Waals surface area contributed by atoms with E-state index in [9.17, 15) is 9.59 Å². The highest BCUT2D eigenvalue weighted by molar-refractivity contribution is 6.03. The van der Waals surface area contributed by atoms with Gasteiger partial charge in [0, 0.05) is 40.8 Å². The summed E-state index contributed by atoms with van der Waals surface area (Å²) in [6, 6.07) is 15.5. The first-order chi connectivity index (χ1) is 17.3. The van der Waals surface area contributed by atoms with Crippen molar-refractivity contribution in [1.82, 2.24) is 14.8 Å². The predicted molar refractivity (Wildman–Crippen MR) is 147 cm³/mol. The lowest BCUT2D eigenvalue weighted by Crippen LogP contribution is -2.53. The summed E-state index contributed by atoms with van der Waals surface area (Å²) in [6.07, 6.45) is 5.18. The van der Waals surface area contributed by atoms with Gasteiger partial charge in [-0.3, -0.25) is 9.59 Å². The molecule has 5 nitrogen and oxygen atoms in total. The molecule has 5 heteroatoms. The first-order valence-corrected chi connectivity index (χ1v) is 13.6. The number of aromatic nitrogens is 1. The van der Waals surface area contributed by atoms with Gasteiger partial charge < -0.3 is 14.8 Å². The first kappa shape index (κ1) is 26.0.